The van der Waals surface area contributed by atoms with Gasteiger partial charge in [0.15, 0.2) is 15.6 Å². The molecule has 1 aliphatic heterocycles. The smallest absolute Gasteiger partial charge is 0.305 e. The van der Waals surface area contributed by atoms with Gasteiger partial charge in [0.05, 0.1) is 17.4 Å². The number of aryl methyl sites for hydroxylation is 1. The summed E-state index contributed by atoms with van der Waals surface area (Å²) in [6, 6.07) is 11.6. The van der Waals surface area contributed by atoms with Gasteiger partial charge in [0.2, 0.25) is 5.91 Å². The second-order valence-corrected chi connectivity index (χ2v) is 8.99. The van der Waals surface area contributed by atoms with Crippen LogP contribution in [0.4, 0.5) is 0 Å². The minimum Gasteiger partial charge on any atom is -0.450 e. The van der Waals surface area contributed by atoms with Gasteiger partial charge in [-0.15, -0.1) is 0 Å². The van der Waals surface area contributed by atoms with Crippen LogP contribution in [0.2, 0.25) is 0 Å². The molecule has 1 atom stereocenters. The molecule has 1 aliphatic rings. The lowest BCUT2D eigenvalue weighted by Crippen LogP contribution is -2.44. The lowest BCUT2D eigenvalue weighted by molar-refractivity contribution is -0.125. The molecule has 0 spiro atoms. The van der Waals surface area contributed by atoms with E-state index in [0.717, 1.165) is 16.2 Å². The number of hydrogen-bond donors (Lipinski definition) is 2. The number of hydrazine groups is 1. The first kappa shape index (κ1) is 17.5. The Labute approximate surface area is 155 Å². The van der Waals surface area contributed by atoms with Crippen molar-refractivity contribution in [3.8, 4) is 0 Å². The van der Waals surface area contributed by atoms with Crippen molar-refractivity contribution in [1.29, 1.82) is 0 Å². The number of nitrogens with one attached hydrogen (secondary N) is 2. The molecule has 7 nitrogen and oxygen atoms in total. The molecular formula is C19H18N2O5S. The van der Waals surface area contributed by atoms with Gasteiger partial charge in [-0.25, -0.2) is 8.42 Å². The molecule has 0 radical (unpaired) electrons. The zero-order chi connectivity index (χ0) is 19.2. The number of amides is 2. The molecule has 140 valence electrons. The molecule has 0 unspecified atom stereocenters. The van der Waals surface area contributed by atoms with E-state index in [0.29, 0.717) is 11.1 Å². The Morgan fingerprint density at radius 1 is 1.07 bits per heavy atom. The standard InChI is InChI=1S/C19H18N2O5S/c1-11-14-7-6-12-4-2-3-5-15(12)17(14)26-16(11)19(23)21-20-18(22)13-8-9-27(24,25)10-13/h2-7,13H,8-10H2,1H3,(H,20,22)(H,21,23)/t13-/m1/s1. The second kappa shape index (κ2) is 6.38. The molecule has 3 aromatic rings. The van der Waals surface area contributed by atoms with Crippen molar-refractivity contribution in [2.24, 2.45) is 5.92 Å². The molecule has 1 saturated heterocycles. The predicted octanol–water partition coefficient (Wildman–Crippen LogP) is 2.09. The van der Waals surface area contributed by atoms with Gasteiger partial charge < -0.3 is 4.42 Å². The summed E-state index contributed by atoms with van der Waals surface area (Å²) in [5.41, 5.74) is 5.92. The van der Waals surface area contributed by atoms with Crippen LogP contribution in [-0.4, -0.2) is 31.7 Å². The van der Waals surface area contributed by atoms with Crippen LogP contribution in [0.15, 0.2) is 40.8 Å². The Kier molecular flexibility index (Phi) is 4.15. The molecule has 1 aromatic heterocycles. The molecular weight excluding hydrogens is 368 g/mol. The molecule has 27 heavy (non-hydrogen) atoms. The van der Waals surface area contributed by atoms with Crippen molar-refractivity contribution in [3.63, 3.8) is 0 Å². The fourth-order valence-corrected chi connectivity index (χ4v) is 5.19. The minimum absolute atomic E-state index is 0.00517. The summed E-state index contributed by atoms with van der Waals surface area (Å²) in [6.07, 6.45) is 0.264. The summed E-state index contributed by atoms with van der Waals surface area (Å²) >= 11 is 0. The molecule has 2 N–H and O–H groups in total. The Morgan fingerprint density at radius 2 is 1.85 bits per heavy atom. The fourth-order valence-electron chi connectivity index (χ4n) is 3.44. The van der Waals surface area contributed by atoms with Gasteiger partial charge in [0, 0.05) is 16.3 Å². The SMILES string of the molecule is Cc1c(C(=O)NNC(=O)[C@@H]2CCS(=O)(=O)C2)oc2c1ccc1ccccc12. The Bertz CT molecular complexity index is 1180. The van der Waals surface area contributed by atoms with Crippen molar-refractivity contribution >= 4 is 43.4 Å². The average Bonchev–Trinajstić information content (AvgIpc) is 3.19. The summed E-state index contributed by atoms with van der Waals surface area (Å²) in [4.78, 5) is 24.6. The topological polar surface area (TPSA) is 105 Å². The first-order valence-electron chi connectivity index (χ1n) is 8.57. The molecule has 0 aliphatic carbocycles. The largest absolute Gasteiger partial charge is 0.450 e. The molecule has 4 rings (SSSR count). The maximum absolute atomic E-state index is 12.5. The van der Waals surface area contributed by atoms with Crippen molar-refractivity contribution in [2.75, 3.05) is 11.5 Å². The minimum atomic E-state index is -3.17. The molecule has 1 fully saturated rings. The molecule has 2 aromatic carbocycles. The first-order valence-corrected chi connectivity index (χ1v) is 10.4. The van der Waals surface area contributed by atoms with Gasteiger partial charge in [-0.05, 0) is 18.7 Å². The van der Waals surface area contributed by atoms with E-state index >= 15 is 0 Å². The van der Waals surface area contributed by atoms with Crippen LogP contribution in [0.3, 0.4) is 0 Å². The highest BCUT2D eigenvalue weighted by Crippen LogP contribution is 2.31. The van der Waals surface area contributed by atoms with Gasteiger partial charge in [-0.2, -0.15) is 0 Å². The van der Waals surface area contributed by atoms with E-state index in [9.17, 15) is 18.0 Å². The third kappa shape index (κ3) is 3.16. The number of benzene rings is 2. The Morgan fingerprint density at radius 3 is 2.59 bits per heavy atom. The summed E-state index contributed by atoms with van der Waals surface area (Å²) in [7, 11) is -3.17. The highest BCUT2D eigenvalue weighted by molar-refractivity contribution is 7.91. The lowest BCUT2D eigenvalue weighted by atomic mass is 10.1. The molecule has 8 heteroatoms. The van der Waals surface area contributed by atoms with Crippen LogP contribution in [0, 0.1) is 12.8 Å². The number of carbonyl (C=O) groups excluding carboxylic acids is 2. The third-order valence-electron chi connectivity index (χ3n) is 4.94. The number of sulfone groups is 1. The highest BCUT2D eigenvalue weighted by Gasteiger charge is 2.33. The zero-order valence-corrected chi connectivity index (χ0v) is 15.4. The average molecular weight is 386 g/mol. The van der Waals surface area contributed by atoms with E-state index in [1.54, 1.807) is 6.92 Å². The summed E-state index contributed by atoms with van der Waals surface area (Å²) in [5.74, 6) is -1.82. The zero-order valence-electron chi connectivity index (χ0n) is 14.6. The first-order chi connectivity index (χ1) is 12.9. The van der Waals surface area contributed by atoms with Crippen molar-refractivity contribution in [3.05, 3.63) is 47.7 Å². The van der Waals surface area contributed by atoms with Crippen LogP contribution in [-0.2, 0) is 14.6 Å². The molecule has 2 heterocycles. The van der Waals surface area contributed by atoms with Crippen LogP contribution in [0.5, 0.6) is 0 Å². The maximum atomic E-state index is 12.5. The van der Waals surface area contributed by atoms with Gasteiger partial charge in [-0.1, -0.05) is 36.4 Å². The van der Waals surface area contributed by atoms with Gasteiger partial charge in [0.1, 0.15) is 5.58 Å². The van der Waals surface area contributed by atoms with E-state index in [2.05, 4.69) is 10.9 Å². The number of furan rings is 1. The van der Waals surface area contributed by atoms with Crippen LogP contribution >= 0.6 is 0 Å². The maximum Gasteiger partial charge on any atom is 0.305 e. The monoisotopic (exact) mass is 386 g/mol. The van der Waals surface area contributed by atoms with Crippen molar-refractivity contribution < 1.29 is 22.4 Å². The molecule has 2 amide bonds. The number of hydrogen-bond acceptors (Lipinski definition) is 5. The molecule has 0 bridgehead atoms. The van der Waals surface area contributed by atoms with E-state index in [1.807, 2.05) is 36.4 Å². The van der Waals surface area contributed by atoms with Gasteiger partial charge in [0.25, 0.3) is 0 Å². The van der Waals surface area contributed by atoms with E-state index < -0.39 is 27.6 Å². The highest BCUT2D eigenvalue weighted by atomic mass is 32.2. The van der Waals surface area contributed by atoms with Crippen LogP contribution < -0.4 is 10.9 Å². The Balaban J connectivity index is 1.55. The van der Waals surface area contributed by atoms with E-state index in [4.69, 9.17) is 4.42 Å². The summed E-state index contributed by atoms with van der Waals surface area (Å²) in [6.45, 7) is 1.78. The summed E-state index contributed by atoms with van der Waals surface area (Å²) in [5, 5.41) is 2.73. The quantitative estimate of drug-likeness (QED) is 0.656. The van der Waals surface area contributed by atoms with Crippen molar-refractivity contribution in [1.82, 2.24) is 10.9 Å². The van der Waals surface area contributed by atoms with E-state index in [-0.39, 0.29) is 23.7 Å². The van der Waals surface area contributed by atoms with E-state index in [1.165, 1.54) is 0 Å². The van der Waals surface area contributed by atoms with Gasteiger partial charge in [-0.3, -0.25) is 20.4 Å². The number of carbonyl (C=O) groups is 2. The lowest BCUT2D eigenvalue weighted by Gasteiger charge is -2.09. The predicted molar refractivity (Wildman–Crippen MR) is 101 cm³/mol. The number of fused-ring (bicyclic) bond motifs is 3. The Hall–Kier alpha value is -2.87. The van der Waals surface area contributed by atoms with Crippen molar-refractivity contribution in [2.45, 2.75) is 13.3 Å². The second-order valence-electron chi connectivity index (χ2n) is 6.76. The third-order valence-corrected chi connectivity index (χ3v) is 6.70. The van der Waals surface area contributed by atoms with Gasteiger partial charge >= 0.3 is 5.91 Å². The fraction of sp³-hybridized carbons (Fsp3) is 0.263. The normalized spacial score (nSPS) is 18.6. The van der Waals surface area contributed by atoms with Crippen LogP contribution in [0.1, 0.15) is 22.5 Å². The van der Waals surface area contributed by atoms with Crippen LogP contribution in [0.25, 0.3) is 21.7 Å². The number of rotatable bonds is 2. The summed E-state index contributed by atoms with van der Waals surface area (Å²) < 4.78 is 28.8. The molecule has 0 saturated carbocycles.